The standard InChI is InChI=1S/C11H23N3/c1-3-10-8-6-5-7-9-14(10)11(12)13-4-2/h10H,3-9H2,1-2H3,(H2,12,13). The molecule has 1 unspecified atom stereocenters. The molecule has 0 saturated carbocycles. The molecule has 2 N–H and O–H groups in total. The highest BCUT2D eigenvalue weighted by Crippen LogP contribution is 2.18. The van der Waals surface area contributed by atoms with E-state index in [4.69, 9.17) is 5.73 Å². The van der Waals surface area contributed by atoms with Gasteiger partial charge < -0.3 is 10.6 Å². The molecule has 0 spiro atoms. The van der Waals surface area contributed by atoms with E-state index in [1.165, 1.54) is 32.1 Å². The lowest BCUT2D eigenvalue weighted by molar-refractivity contribution is 0.303. The molecule has 0 aromatic heterocycles. The first kappa shape index (κ1) is 11.3. The molecule has 1 rings (SSSR count). The molecule has 0 radical (unpaired) electrons. The number of rotatable bonds is 2. The zero-order chi connectivity index (χ0) is 10.4. The molecule has 14 heavy (non-hydrogen) atoms. The van der Waals surface area contributed by atoms with Crippen molar-refractivity contribution >= 4 is 5.96 Å². The van der Waals surface area contributed by atoms with E-state index in [9.17, 15) is 0 Å². The fourth-order valence-electron chi connectivity index (χ4n) is 2.16. The predicted molar refractivity (Wildman–Crippen MR) is 61.4 cm³/mol. The summed E-state index contributed by atoms with van der Waals surface area (Å²) in [4.78, 5) is 6.61. The molecule has 0 aliphatic carbocycles. The Morgan fingerprint density at radius 2 is 2.14 bits per heavy atom. The average Bonchev–Trinajstić information content (AvgIpc) is 2.42. The smallest absolute Gasteiger partial charge is 0.191 e. The summed E-state index contributed by atoms with van der Waals surface area (Å²) in [5, 5.41) is 0. The van der Waals surface area contributed by atoms with E-state index >= 15 is 0 Å². The number of guanidine groups is 1. The van der Waals surface area contributed by atoms with Crippen LogP contribution in [0.2, 0.25) is 0 Å². The fraction of sp³-hybridized carbons (Fsp3) is 0.909. The average molecular weight is 197 g/mol. The topological polar surface area (TPSA) is 41.6 Å². The van der Waals surface area contributed by atoms with Crippen molar-refractivity contribution in [3.8, 4) is 0 Å². The lowest BCUT2D eigenvalue weighted by Crippen LogP contribution is -2.44. The molecule has 3 heteroatoms. The molecular weight excluding hydrogens is 174 g/mol. The summed E-state index contributed by atoms with van der Waals surface area (Å²) in [5.41, 5.74) is 5.97. The van der Waals surface area contributed by atoms with Crippen LogP contribution in [-0.2, 0) is 0 Å². The van der Waals surface area contributed by atoms with Gasteiger partial charge in [-0.15, -0.1) is 0 Å². The minimum absolute atomic E-state index is 0.618. The van der Waals surface area contributed by atoms with Crippen LogP contribution < -0.4 is 5.73 Å². The maximum absolute atomic E-state index is 5.97. The van der Waals surface area contributed by atoms with E-state index in [2.05, 4.69) is 16.8 Å². The first-order chi connectivity index (χ1) is 6.79. The van der Waals surface area contributed by atoms with Crippen LogP contribution >= 0.6 is 0 Å². The van der Waals surface area contributed by atoms with Crippen molar-refractivity contribution in [1.29, 1.82) is 0 Å². The monoisotopic (exact) mass is 197 g/mol. The van der Waals surface area contributed by atoms with E-state index in [1.54, 1.807) is 0 Å². The number of aliphatic imine (C=N–C) groups is 1. The molecule has 1 fully saturated rings. The minimum Gasteiger partial charge on any atom is -0.370 e. The van der Waals surface area contributed by atoms with E-state index in [0.717, 1.165) is 19.0 Å². The summed E-state index contributed by atoms with van der Waals surface area (Å²) in [5.74, 6) is 0.751. The minimum atomic E-state index is 0.618. The number of hydrogen-bond donors (Lipinski definition) is 1. The van der Waals surface area contributed by atoms with Gasteiger partial charge in [0.15, 0.2) is 5.96 Å². The van der Waals surface area contributed by atoms with Crippen LogP contribution in [0, 0.1) is 0 Å². The van der Waals surface area contributed by atoms with E-state index in [-0.39, 0.29) is 0 Å². The maximum Gasteiger partial charge on any atom is 0.191 e. The predicted octanol–water partition coefficient (Wildman–Crippen LogP) is 1.98. The van der Waals surface area contributed by atoms with Gasteiger partial charge in [-0.25, -0.2) is 0 Å². The Morgan fingerprint density at radius 1 is 1.36 bits per heavy atom. The van der Waals surface area contributed by atoms with Crippen LogP contribution in [0.4, 0.5) is 0 Å². The summed E-state index contributed by atoms with van der Waals surface area (Å²) in [6.07, 6.45) is 6.40. The van der Waals surface area contributed by atoms with Gasteiger partial charge in [-0.1, -0.05) is 19.8 Å². The summed E-state index contributed by atoms with van der Waals surface area (Å²) >= 11 is 0. The van der Waals surface area contributed by atoms with Gasteiger partial charge >= 0.3 is 0 Å². The Kier molecular flexibility index (Phi) is 4.77. The largest absolute Gasteiger partial charge is 0.370 e. The SMILES string of the molecule is CCN=C(N)N1CCCCCC1CC. The molecule has 0 aromatic carbocycles. The molecular formula is C11H23N3. The highest BCUT2D eigenvalue weighted by Gasteiger charge is 2.20. The molecule has 82 valence electrons. The van der Waals surface area contributed by atoms with Gasteiger partial charge in [0, 0.05) is 19.1 Å². The van der Waals surface area contributed by atoms with Crippen molar-refractivity contribution < 1.29 is 0 Å². The third-order valence-electron chi connectivity index (χ3n) is 2.96. The highest BCUT2D eigenvalue weighted by molar-refractivity contribution is 5.78. The van der Waals surface area contributed by atoms with Crippen LogP contribution in [0.3, 0.4) is 0 Å². The Bertz CT molecular complexity index is 189. The van der Waals surface area contributed by atoms with Crippen molar-refractivity contribution in [2.45, 2.75) is 52.0 Å². The second-order valence-electron chi connectivity index (χ2n) is 3.94. The van der Waals surface area contributed by atoms with Gasteiger partial charge in [-0.05, 0) is 26.2 Å². The zero-order valence-corrected chi connectivity index (χ0v) is 9.50. The Labute approximate surface area is 87.4 Å². The normalized spacial score (nSPS) is 24.9. The summed E-state index contributed by atoms with van der Waals surface area (Å²) < 4.78 is 0. The van der Waals surface area contributed by atoms with Crippen molar-refractivity contribution in [3.05, 3.63) is 0 Å². The number of nitrogens with two attached hydrogens (primary N) is 1. The first-order valence-electron chi connectivity index (χ1n) is 5.86. The van der Waals surface area contributed by atoms with Crippen LogP contribution in [0.25, 0.3) is 0 Å². The van der Waals surface area contributed by atoms with E-state index in [0.29, 0.717) is 6.04 Å². The maximum atomic E-state index is 5.97. The van der Waals surface area contributed by atoms with Gasteiger partial charge in [0.05, 0.1) is 0 Å². The molecule has 3 nitrogen and oxygen atoms in total. The van der Waals surface area contributed by atoms with Gasteiger partial charge in [0.1, 0.15) is 0 Å². The molecule has 1 saturated heterocycles. The number of hydrogen-bond acceptors (Lipinski definition) is 1. The van der Waals surface area contributed by atoms with Crippen molar-refractivity contribution in [1.82, 2.24) is 4.90 Å². The Morgan fingerprint density at radius 3 is 2.79 bits per heavy atom. The van der Waals surface area contributed by atoms with Crippen molar-refractivity contribution in [2.75, 3.05) is 13.1 Å². The summed E-state index contributed by atoms with van der Waals surface area (Å²) in [7, 11) is 0. The molecule has 0 amide bonds. The molecule has 1 heterocycles. The number of nitrogens with zero attached hydrogens (tertiary/aromatic N) is 2. The second kappa shape index (κ2) is 5.89. The van der Waals surface area contributed by atoms with Crippen LogP contribution in [0.15, 0.2) is 4.99 Å². The highest BCUT2D eigenvalue weighted by atomic mass is 15.3. The molecule has 1 aliphatic heterocycles. The second-order valence-corrected chi connectivity index (χ2v) is 3.94. The van der Waals surface area contributed by atoms with Crippen LogP contribution in [0.1, 0.15) is 46.0 Å². The lowest BCUT2D eigenvalue weighted by Gasteiger charge is -2.30. The summed E-state index contributed by atoms with van der Waals surface area (Å²) in [6, 6.07) is 0.618. The Hall–Kier alpha value is -0.730. The summed E-state index contributed by atoms with van der Waals surface area (Å²) in [6.45, 7) is 6.15. The third-order valence-corrected chi connectivity index (χ3v) is 2.96. The molecule has 0 bridgehead atoms. The zero-order valence-electron chi connectivity index (χ0n) is 9.50. The van der Waals surface area contributed by atoms with Gasteiger partial charge in [0.25, 0.3) is 0 Å². The molecule has 1 atom stereocenters. The van der Waals surface area contributed by atoms with Gasteiger partial charge in [-0.3, -0.25) is 4.99 Å². The van der Waals surface area contributed by atoms with E-state index in [1.807, 2.05) is 6.92 Å². The van der Waals surface area contributed by atoms with Crippen molar-refractivity contribution in [3.63, 3.8) is 0 Å². The van der Waals surface area contributed by atoms with Gasteiger partial charge in [0.2, 0.25) is 0 Å². The van der Waals surface area contributed by atoms with Crippen molar-refractivity contribution in [2.24, 2.45) is 10.7 Å². The number of likely N-dealkylation sites (tertiary alicyclic amines) is 1. The third kappa shape index (κ3) is 2.89. The Balaban J connectivity index is 2.64. The van der Waals surface area contributed by atoms with Crippen LogP contribution in [-0.4, -0.2) is 30.0 Å². The van der Waals surface area contributed by atoms with Crippen LogP contribution in [0.5, 0.6) is 0 Å². The van der Waals surface area contributed by atoms with E-state index < -0.39 is 0 Å². The molecule has 1 aliphatic rings. The molecule has 0 aromatic rings. The lowest BCUT2D eigenvalue weighted by atomic mass is 10.1. The fourth-order valence-corrected chi connectivity index (χ4v) is 2.16. The quantitative estimate of drug-likeness (QED) is 0.543. The van der Waals surface area contributed by atoms with Gasteiger partial charge in [-0.2, -0.15) is 0 Å². The first-order valence-corrected chi connectivity index (χ1v) is 5.86.